The molecule has 1 heterocycles. The minimum absolute atomic E-state index is 0.0394. The molecule has 0 saturated carbocycles. The van der Waals surface area contributed by atoms with Crippen LogP contribution in [0.3, 0.4) is 0 Å². The van der Waals surface area contributed by atoms with Gasteiger partial charge in [-0.2, -0.15) is 0 Å². The van der Waals surface area contributed by atoms with Gasteiger partial charge in [-0.3, -0.25) is 0 Å². The van der Waals surface area contributed by atoms with Crippen LogP contribution in [-0.4, -0.2) is 24.5 Å². The third kappa shape index (κ3) is 4.52. The van der Waals surface area contributed by atoms with E-state index >= 15 is 0 Å². The van der Waals surface area contributed by atoms with E-state index in [0.717, 1.165) is 0 Å². The normalized spacial score (nSPS) is 14.8. The smallest absolute Gasteiger partial charge is 0.444 e. The predicted octanol–water partition coefficient (Wildman–Crippen LogP) is 2.88. The molecule has 0 bridgehead atoms. The Morgan fingerprint density at radius 2 is 2.00 bits per heavy atom. The van der Waals surface area contributed by atoms with Gasteiger partial charge in [0.1, 0.15) is 5.60 Å². The second-order valence-corrected chi connectivity index (χ2v) is 5.49. The Morgan fingerprint density at radius 1 is 1.32 bits per heavy atom. The highest BCUT2D eigenvalue weighted by Crippen LogP contribution is 2.40. The summed E-state index contributed by atoms with van der Waals surface area (Å²) < 4.78 is 39.3. The lowest BCUT2D eigenvalue weighted by Crippen LogP contribution is -2.32. The lowest BCUT2D eigenvalue weighted by atomic mass is 10.2. The summed E-state index contributed by atoms with van der Waals surface area (Å²) in [6.45, 7) is 5.32. The van der Waals surface area contributed by atoms with Crippen molar-refractivity contribution in [1.82, 2.24) is 5.32 Å². The van der Waals surface area contributed by atoms with Crippen molar-refractivity contribution in [3.05, 3.63) is 23.8 Å². The van der Waals surface area contributed by atoms with E-state index < -0.39 is 18.0 Å². The highest BCUT2D eigenvalue weighted by Gasteiger charge is 2.43. The number of alkyl halides is 2. The second kappa shape index (κ2) is 5.72. The molecule has 1 amide bonds. The van der Waals surface area contributed by atoms with Crippen LogP contribution in [0.1, 0.15) is 26.3 Å². The van der Waals surface area contributed by atoms with Gasteiger partial charge in [-0.1, -0.05) is 11.8 Å². The maximum Gasteiger partial charge on any atom is 0.586 e. The number of alkyl carbamates (subject to hydrolysis) is 1. The molecule has 2 rings (SSSR count). The molecule has 22 heavy (non-hydrogen) atoms. The van der Waals surface area contributed by atoms with E-state index in [1.165, 1.54) is 18.2 Å². The molecule has 0 fully saturated rings. The zero-order valence-corrected chi connectivity index (χ0v) is 12.3. The average molecular weight is 311 g/mol. The van der Waals surface area contributed by atoms with Gasteiger partial charge in [0.25, 0.3) is 0 Å². The molecular formula is C15H15F2NO4. The molecule has 5 nitrogen and oxygen atoms in total. The highest BCUT2D eigenvalue weighted by atomic mass is 19.3. The lowest BCUT2D eigenvalue weighted by molar-refractivity contribution is -0.286. The van der Waals surface area contributed by atoms with Crippen LogP contribution in [0.15, 0.2) is 18.2 Å². The van der Waals surface area contributed by atoms with Crippen LogP contribution >= 0.6 is 0 Å². The van der Waals surface area contributed by atoms with Gasteiger partial charge in [-0.05, 0) is 32.9 Å². The molecule has 1 aliphatic heterocycles. The summed E-state index contributed by atoms with van der Waals surface area (Å²) in [6, 6.07) is 4.21. The molecule has 0 saturated heterocycles. The van der Waals surface area contributed by atoms with E-state index in [-0.39, 0.29) is 18.0 Å². The molecule has 0 radical (unpaired) electrons. The number of amides is 1. The monoisotopic (exact) mass is 311 g/mol. The van der Waals surface area contributed by atoms with Gasteiger partial charge in [-0.15, -0.1) is 8.78 Å². The van der Waals surface area contributed by atoms with E-state index in [4.69, 9.17) is 4.74 Å². The molecule has 0 unspecified atom stereocenters. The topological polar surface area (TPSA) is 56.8 Å². The number of rotatable bonds is 1. The van der Waals surface area contributed by atoms with Gasteiger partial charge in [0, 0.05) is 11.6 Å². The molecule has 1 aliphatic rings. The first-order valence-corrected chi connectivity index (χ1v) is 6.50. The number of halogens is 2. The van der Waals surface area contributed by atoms with E-state index in [1.54, 1.807) is 20.8 Å². The van der Waals surface area contributed by atoms with Crippen molar-refractivity contribution in [1.29, 1.82) is 0 Å². The largest absolute Gasteiger partial charge is 0.586 e. The zero-order valence-electron chi connectivity index (χ0n) is 12.3. The number of carbonyl (C=O) groups is 1. The van der Waals surface area contributed by atoms with Gasteiger partial charge in [0.2, 0.25) is 0 Å². The fourth-order valence-electron chi connectivity index (χ4n) is 1.60. The maximum absolute atomic E-state index is 12.9. The average Bonchev–Trinajstić information content (AvgIpc) is 2.65. The Bertz CT molecular complexity index is 641. The van der Waals surface area contributed by atoms with Crippen molar-refractivity contribution in [2.45, 2.75) is 32.7 Å². The van der Waals surface area contributed by atoms with Crippen molar-refractivity contribution >= 4 is 6.09 Å². The molecule has 118 valence electrons. The second-order valence-electron chi connectivity index (χ2n) is 5.49. The van der Waals surface area contributed by atoms with Crippen molar-refractivity contribution < 1.29 is 27.8 Å². The quantitative estimate of drug-likeness (QED) is 0.810. The van der Waals surface area contributed by atoms with Crippen molar-refractivity contribution in [2.75, 3.05) is 6.54 Å². The van der Waals surface area contributed by atoms with Gasteiger partial charge < -0.3 is 19.5 Å². The SMILES string of the molecule is CC(C)(C)OC(=O)NCC#Cc1ccc2c(c1)OC(F)(F)O2. The summed E-state index contributed by atoms with van der Waals surface area (Å²) in [6.07, 6.45) is -4.22. The molecule has 1 aromatic carbocycles. The molecule has 0 spiro atoms. The molecule has 1 N–H and O–H groups in total. The summed E-state index contributed by atoms with van der Waals surface area (Å²) in [7, 11) is 0. The summed E-state index contributed by atoms with van der Waals surface area (Å²) in [5.74, 6) is 5.29. The Balaban J connectivity index is 1.90. The van der Waals surface area contributed by atoms with Gasteiger partial charge in [-0.25, -0.2) is 4.79 Å². The summed E-state index contributed by atoms with van der Waals surface area (Å²) in [4.78, 5) is 11.4. The fourth-order valence-corrected chi connectivity index (χ4v) is 1.60. The number of ether oxygens (including phenoxy) is 3. The predicted molar refractivity (Wildman–Crippen MR) is 73.8 cm³/mol. The Labute approximate surface area is 126 Å². The van der Waals surface area contributed by atoms with E-state index in [1.807, 2.05) is 0 Å². The van der Waals surface area contributed by atoms with Crippen LogP contribution in [0, 0.1) is 11.8 Å². The summed E-state index contributed by atoms with van der Waals surface area (Å²) in [5.41, 5.74) is -0.119. The number of nitrogens with one attached hydrogen (secondary N) is 1. The van der Waals surface area contributed by atoms with Crippen LogP contribution in [0.5, 0.6) is 11.5 Å². The molecule has 0 aromatic heterocycles. The Hall–Kier alpha value is -2.49. The van der Waals surface area contributed by atoms with Gasteiger partial charge >= 0.3 is 12.4 Å². The standard InChI is InChI=1S/C15H15F2NO4/c1-14(2,3)22-13(19)18-8-4-5-10-6-7-11-12(9-10)21-15(16,17)20-11/h6-7,9H,8H2,1-3H3,(H,18,19). The van der Waals surface area contributed by atoms with Crippen molar-refractivity contribution in [2.24, 2.45) is 0 Å². The first-order chi connectivity index (χ1) is 10.1. The fraction of sp³-hybridized carbons (Fsp3) is 0.400. The van der Waals surface area contributed by atoms with E-state index in [9.17, 15) is 13.6 Å². The number of hydrogen-bond donors (Lipinski definition) is 1. The van der Waals surface area contributed by atoms with E-state index in [2.05, 4.69) is 26.6 Å². The number of hydrogen-bond acceptors (Lipinski definition) is 4. The lowest BCUT2D eigenvalue weighted by Gasteiger charge is -2.18. The van der Waals surface area contributed by atoms with Crippen molar-refractivity contribution in [3.63, 3.8) is 0 Å². The van der Waals surface area contributed by atoms with Crippen LogP contribution < -0.4 is 14.8 Å². The van der Waals surface area contributed by atoms with Crippen LogP contribution in [0.25, 0.3) is 0 Å². The maximum atomic E-state index is 12.9. The molecule has 7 heteroatoms. The highest BCUT2D eigenvalue weighted by molar-refractivity contribution is 5.68. The first kappa shape index (κ1) is 15.9. The van der Waals surface area contributed by atoms with Crippen LogP contribution in [0.4, 0.5) is 13.6 Å². The van der Waals surface area contributed by atoms with Gasteiger partial charge in [0.15, 0.2) is 11.5 Å². The van der Waals surface area contributed by atoms with E-state index in [0.29, 0.717) is 5.56 Å². The van der Waals surface area contributed by atoms with Crippen LogP contribution in [0.2, 0.25) is 0 Å². The molecule has 0 aliphatic carbocycles. The Morgan fingerprint density at radius 3 is 2.68 bits per heavy atom. The third-order valence-electron chi connectivity index (χ3n) is 2.35. The Kier molecular flexibility index (Phi) is 4.13. The van der Waals surface area contributed by atoms with Crippen LogP contribution in [-0.2, 0) is 4.74 Å². The molecular weight excluding hydrogens is 296 g/mol. The molecule has 0 atom stereocenters. The minimum Gasteiger partial charge on any atom is -0.444 e. The van der Waals surface area contributed by atoms with Crippen molar-refractivity contribution in [3.8, 4) is 23.3 Å². The summed E-state index contributed by atoms with van der Waals surface area (Å²) >= 11 is 0. The number of fused-ring (bicyclic) bond motifs is 1. The third-order valence-corrected chi connectivity index (χ3v) is 2.35. The zero-order chi connectivity index (χ0) is 16.4. The molecule has 1 aromatic rings. The van der Waals surface area contributed by atoms with Gasteiger partial charge in [0.05, 0.1) is 6.54 Å². The number of benzene rings is 1. The summed E-state index contributed by atoms with van der Waals surface area (Å²) in [5, 5.41) is 2.46. The number of carbonyl (C=O) groups excluding carboxylic acids is 1. The minimum atomic E-state index is -3.65. The first-order valence-electron chi connectivity index (χ1n) is 6.50.